The molecular weight excluding hydrogens is 296 g/mol. The van der Waals surface area contributed by atoms with Gasteiger partial charge in [0.05, 0.1) is 5.69 Å². The van der Waals surface area contributed by atoms with Gasteiger partial charge in [-0.05, 0) is 41.8 Å². The largest absolute Gasteiger partial charge is 0.282 e. The van der Waals surface area contributed by atoms with E-state index in [1.165, 1.54) is 16.3 Å². The number of rotatable bonds is 2. The van der Waals surface area contributed by atoms with Gasteiger partial charge in [0.2, 0.25) is 0 Å². The van der Waals surface area contributed by atoms with Crippen molar-refractivity contribution in [3.63, 3.8) is 0 Å². The second kappa shape index (κ2) is 5.11. The molecule has 2 aromatic rings. The molecule has 100 valence electrons. The van der Waals surface area contributed by atoms with Crippen LogP contribution in [-0.2, 0) is 9.59 Å². The third kappa shape index (κ3) is 2.33. The van der Waals surface area contributed by atoms with Gasteiger partial charge in [0, 0.05) is 9.90 Å². The number of hydrogen-bond acceptors (Lipinski definition) is 3. The van der Waals surface area contributed by atoms with Crippen LogP contribution >= 0.6 is 22.9 Å². The van der Waals surface area contributed by atoms with Crippen molar-refractivity contribution in [1.29, 1.82) is 0 Å². The molecular formula is C14H9ClN2O2S. The van der Waals surface area contributed by atoms with Crippen LogP contribution in [0, 0.1) is 0 Å². The predicted molar refractivity (Wildman–Crippen MR) is 79.4 cm³/mol. The molecule has 1 aromatic heterocycles. The number of carbonyl (C=O) groups is 2. The molecule has 6 heteroatoms. The van der Waals surface area contributed by atoms with E-state index in [0.29, 0.717) is 10.7 Å². The summed E-state index contributed by atoms with van der Waals surface area (Å²) in [7, 11) is 0. The molecule has 2 heterocycles. The number of thiophene rings is 1. The molecule has 4 nitrogen and oxygen atoms in total. The molecule has 0 unspecified atom stereocenters. The van der Waals surface area contributed by atoms with Gasteiger partial charge in [-0.2, -0.15) is 0 Å². The maximum atomic E-state index is 12.3. The number of amides is 2. The van der Waals surface area contributed by atoms with Crippen molar-refractivity contribution < 1.29 is 9.59 Å². The van der Waals surface area contributed by atoms with E-state index in [9.17, 15) is 9.59 Å². The fourth-order valence-corrected chi connectivity index (χ4v) is 2.63. The zero-order chi connectivity index (χ0) is 14.1. The summed E-state index contributed by atoms with van der Waals surface area (Å²) in [6, 6.07) is 10.4. The van der Waals surface area contributed by atoms with E-state index >= 15 is 0 Å². The summed E-state index contributed by atoms with van der Waals surface area (Å²) < 4.78 is 0. The average molecular weight is 305 g/mol. The third-order valence-electron chi connectivity index (χ3n) is 2.81. The molecule has 1 fully saturated rings. The molecule has 0 aliphatic carbocycles. The number of hydrazine groups is 1. The first kappa shape index (κ1) is 12.9. The average Bonchev–Trinajstić information content (AvgIpc) is 3.04. The van der Waals surface area contributed by atoms with Crippen molar-refractivity contribution in [2.75, 3.05) is 5.01 Å². The van der Waals surface area contributed by atoms with E-state index in [-0.39, 0.29) is 11.5 Å². The highest BCUT2D eigenvalue weighted by atomic mass is 35.5. The van der Waals surface area contributed by atoms with Crippen LogP contribution < -0.4 is 10.4 Å². The van der Waals surface area contributed by atoms with Crippen LogP contribution in [0.15, 0.2) is 47.4 Å². The molecule has 0 spiro atoms. The van der Waals surface area contributed by atoms with E-state index < -0.39 is 5.91 Å². The maximum Gasteiger partial charge on any atom is 0.282 e. The lowest BCUT2D eigenvalue weighted by molar-refractivity contribution is -0.117. The van der Waals surface area contributed by atoms with Crippen molar-refractivity contribution in [3.05, 3.63) is 57.3 Å². The van der Waals surface area contributed by atoms with Gasteiger partial charge in [0.25, 0.3) is 11.8 Å². The fourth-order valence-electron chi connectivity index (χ4n) is 1.85. The Morgan fingerprint density at radius 3 is 2.55 bits per heavy atom. The highest BCUT2D eigenvalue weighted by molar-refractivity contribution is 7.10. The SMILES string of the molecule is O=C1NN(c2ccc(Cl)cc2)C(=O)C1=Cc1cccs1. The summed E-state index contributed by atoms with van der Waals surface area (Å²) in [5, 5.41) is 3.68. The van der Waals surface area contributed by atoms with Gasteiger partial charge in [-0.1, -0.05) is 17.7 Å². The van der Waals surface area contributed by atoms with Crippen molar-refractivity contribution >= 4 is 46.5 Å². The van der Waals surface area contributed by atoms with E-state index in [0.717, 1.165) is 4.88 Å². The Balaban J connectivity index is 1.92. The molecule has 1 aliphatic rings. The Morgan fingerprint density at radius 1 is 1.15 bits per heavy atom. The standard InChI is InChI=1S/C14H9ClN2O2S/c15-9-3-5-10(6-4-9)17-14(19)12(13(18)16-17)8-11-2-1-7-20-11/h1-8H,(H,16,18). The van der Waals surface area contributed by atoms with Gasteiger partial charge < -0.3 is 0 Å². The van der Waals surface area contributed by atoms with Crippen LogP contribution in [0.4, 0.5) is 5.69 Å². The number of nitrogens with one attached hydrogen (secondary N) is 1. The molecule has 0 saturated carbocycles. The van der Waals surface area contributed by atoms with Crippen molar-refractivity contribution in [1.82, 2.24) is 5.43 Å². The number of halogens is 1. The predicted octanol–water partition coefficient (Wildman–Crippen LogP) is 2.86. The first-order valence-electron chi connectivity index (χ1n) is 5.81. The van der Waals surface area contributed by atoms with Gasteiger partial charge in [0.15, 0.2) is 0 Å². The van der Waals surface area contributed by atoms with Crippen LogP contribution in [-0.4, -0.2) is 11.8 Å². The summed E-state index contributed by atoms with van der Waals surface area (Å²) in [5.74, 6) is -0.774. The Hall–Kier alpha value is -2.11. The molecule has 20 heavy (non-hydrogen) atoms. The first-order valence-corrected chi connectivity index (χ1v) is 7.07. The topological polar surface area (TPSA) is 49.4 Å². The highest BCUT2D eigenvalue weighted by Crippen LogP contribution is 2.23. The third-order valence-corrected chi connectivity index (χ3v) is 3.88. The Kier molecular flexibility index (Phi) is 3.30. The summed E-state index contributed by atoms with van der Waals surface area (Å²) in [5.41, 5.74) is 3.24. The molecule has 3 rings (SSSR count). The lowest BCUT2D eigenvalue weighted by Gasteiger charge is -2.14. The molecule has 0 bridgehead atoms. The van der Waals surface area contributed by atoms with Crippen molar-refractivity contribution in [2.45, 2.75) is 0 Å². The highest BCUT2D eigenvalue weighted by Gasteiger charge is 2.34. The van der Waals surface area contributed by atoms with Gasteiger partial charge in [-0.25, -0.2) is 5.01 Å². The summed E-state index contributed by atoms with van der Waals surface area (Å²) in [6.45, 7) is 0. The second-order valence-electron chi connectivity index (χ2n) is 4.13. The minimum atomic E-state index is -0.404. The number of carbonyl (C=O) groups excluding carboxylic acids is 2. The lowest BCUT2D eigenvalue weighted by Crippen LogP contribution is -2.35. The van der Waals surface area contributed by atoms with E-state index in [4.69, 9.17) is 11.6 Å². The zero-order valence-corrected chi connectivity index (χ0v) is 11.7. The summed E-state index contributed by atoms with van der Waals surface area (Å²) in [6.07, 6.45) is 1.60. The summed E-state index contributed by atoms with van der Waals surface area (Å²) >= 11 is 7.27. The Labute approximate surface area is 124 Å². The van der Waals surface area contributed by atoms with Gasteiger partial charge in [0.1, 0.15) is 5.57 Å². The Bertz CT molecular complexity index is 692. The monoisotopic (exact) mass is 304 g/mol. The minimum absolute atomic E-state index is 0.127. The molecule has 0 radical (unpaired) electrons. The molecule has 1 aliphatic heterocycles. The maximum absolute atomic E-state index is 12.3. The quantitative estimate of drug-likeness (QED) is 0.685. The van der Waals surface area contributed by atoms with Crippen molar-refractivity contribution in [3.8, 4) is 0 Å². The molecule has 1 N–H and O–H groups in total. The number of benzene rings is 1. The van der Waals surface area contributed by atoms with Crippen LogP contribution in [0.2, 0.25) is 5.02 Å². The van der Waals surface area contributed by atoms with Crippen LogP contribution in [0.1, 0.15) is 4.88 Å². The van der Waals surface area contributed by atoms with Gasteiger partial charge in [-0.3, -0.25) is 15.0 Å². The van der Waals surface area contributed by atoms with Gasteiger partial charge in [-0.15, -0.1) is 11.3 Å². The van der Waals surface area contributed by atoms with Crippen LogP contribution in [0.5, 0.6) is 0 Å². The van der Waals surface area contributed by atoms with Crippen LogP contribution in [0.3, 0.4) is 0 Å². The van der Waals surface area contributed by atoms with Crippen LogP contribution in [0.25, 0.3) is 6.08 Å². The number of nitrogens with zero attached hydrogens (tertiary/aromatic N) is 1. The second-order valence-corrected chi connectivity index (χ2v) is 5.55. The fraction of sp³-hybridized carbons (Fsp3) is 0. The van der Waals surface area contributed by atoms with Gasteiger partial charge >= 0.3 is 0 Å². The van der Waals surface area contributed by atoms with E-state index in [2.05, 4.69) is 5.43 Å². The van der Waals surface area contributed by atoms with E-state index in [1.54, 1.807) is 30.3 Å². The normalized spacial score (nSPS) is 16.9. The lowest BCUT2D eigenvalue weighted by atomic mass is 10.2. The molecule has 2 amide bonds. The smallest absolute Gasteiger partial charge is 0.267 e. The zero-order valence-electron chi connectivity index (χ0n) is 10.2. The molecule has 1 saturated heterocycles. The summed E-state index contributed by atoms with van der Waals surface area (Å²) in [4.78, 5) is 25.0. The number of anilines is 1. The number of hydrogen-bond donors (Lipinski definition) is 1. The minimum Gasteiger partial charge on any atom is -0.267 e. The van der Waals surface area contributed by atoms with E-state index in [1.807, 2.05) is 17.5 Å². The Morgan fingerprint density at radius 2 is 1.90 bits per heavy atom. The molecule has 1 aromatic carbocycles. The first-order chi connectivity index (χ1) is 9.65. The van der Waals surface area contributed by atoms with Crippen molar-refractivity contribution in [2.24, 2.45) is 0 Å². The molecule has 0 atom stereocenters.